The number of hydrogen-bond acceptors (Lipinski definition) is 5. The van der Waals surface area contributed by atoms with E-state index >= 15 is 0 Å². The number of hydrogen-bond donors (Lipinski definition) is 1. The zero-order valence-electron chi connectivity index (χ0n) is 18.2. The number of carbonyl (C=O) groups excluding carboxylic acids is 1. The molecule has 1 aliphatic rings. The van der Waals surface area contributed by atoms with Crippen LogP contribution in [-0.4, -0.2) is 46.2 Å². The van der Waals surface area contributed by atoms with Crippen LogP contribution >= 0.6 is 0 Å². The number of sulfonamides is 1. The smallest absolute Gasteiger partial charge is 0.256 e. The Kier molecular flexibility index (Phi) is 5.57. The fourth-order valence-electron chi connectivity index (χ4n) is 4.00. The second kappa shape index (κ2) is 8.05. The second-order valence-corrected chi connectivity index (χ2v) is 10.1. The molecule has 31 heavy (non-hydrogen) atoms. The highest BCUT2D eigenvalue weighted by Crippen LogP contribution is 2.29. The Morgan fingerprint density at radius 3 is 2.81 bits per heavy atom. The number of nitrogens with zero attached hydrogens (tertiary/aromatic N) is 4. The van der Waals surface area contributed by atoms with Gasteiger partial charge in [-0.3, -0.25) is 4.79 Å². The van der Waals surface area contributed by atoms with Crippen molar-refractivity contribution in [3.63, 3.8) is 0 Å². The van der Waals surface area contributed by atoms with E-state index in [0.29, 0.717) is 36.4 Å². The summed E-state index contributed by atoms with van der Waals surface area (Å²) in [5.41, 5.74) is 4.60. The highest BCUT2D eigenvalue weighted by Gasteiger charge is 2.25. The molecule has 8 nitrogen and oxygen atoms in total. The summed E-state index contributed by atoms with van der Waals surface area (Å²) in [6.45, 7) is 6.75. The fraction of sp³-hybridized carbons (Fsp3) is 0.409. The number of rotatable bonds is 5. The maximum absolute atomic E-state index is 13.3. The third-order valence-electron chi connectivity index (χ3n) is 5.90. The molecule has 0 spiro atoms. The van der Waals surface area contributed by atoms with Gasteiger partial charge in [0.2, 0.25) is 10.0 Å². The van der Waals surface area contributed by atoms with Crippen molar-refractivity contribution in [3.8, 4) is 0 Å². The van der Waals surface area contributed by atoms with Gasteiger partial charge in [0, 0.05) is 24.5 Å². The van der Waals surface area contributed by atoms with Gasteiger partial charge in [-0.25, -0.2) is 18.1 Å². The lowest BCUT2D eigenvalue weighted by molar-refractivity contribution is 0.102. The van der Waals surface area contributed by atoms with Crippen LogP contribution < -0.4 is 5.32 Å². The number of fused-ring (bicyclic) bond motifs is 2. The highest BCUT2D eigenvalue weighted by atomic mass is 32.2. The molecule has 1 aromatic carbocycles. The van der Waals surface area contributed by atoms with E-state index in [9.17, 15) is 13.2 Å². The van der Waals surface area contributed by atoms with Crippen LogP contribution in [0.25, 0.3) is 11.0 Å². The minimum atomic E-state index is -3.25. The van der Waals surface area contributed by atoms with Gasteiger partial charge in [0.15, 0.2) is 5.65 Å². The first-order valence-electron chi connectivity index (χ1n) is 10.4. The van der Waals surface area contributed by atoms with E-state index < -0.39 is 10.0 Å². The molecule has 3 aromatic rings. The van der Waals surface area contributed by atoms with Gasteiger partial charge >= 0.3 is 0 Å². The van der Waals surface area contributed by atoms with Crippen molar-refractivity contribution in [2.75, 3.05) is 18.1 Å². The molecule has 3 heterocycles. The van der Waals surface area contributed by atoms with Gasteiger partial charge in [0.1, 0.15) is 0 Å². The lowest BCUT2D eigenvalue weighted by Crippen LogP contribution is -2.35. The normalized spacial score (nSPS) is 15.6. The number of aryl methyl sites for hydroxylation is 1. The first-order chi connectivity index (χ1) is 14.7. The minimum Gasteiger partial charge on any atom is -0.322 e. The average molecular weight is 442 g/mol. The van der Waals surface area contributed by atoms with Crippen molar-refractivity contribution < 1.29 is 13.2 Å². The van der Waals surface area contributed by atoms with Crippen LogP contribution in [-0.2, 0) is 23.0 Å². The van der Waals surface area contributed by atoms with Gasteiger partial charge in [0.05, 0.1) is 29.4 Å². The molecule has 9 heteroatoms. The molecule has 1 amide bonds. The SMILES string of the molecule is CCC(C)n1ncc2c(C(=O)Nc3cccc4c3CCN(S(C)(=O)=O)C4)cc(C)nc21. The number of aromatic nitrogens is 3. The standard InChI is InChI=1S/C22H27N5O3S/c1-5-15(3)27-21-19(12-23-27)18(11-14(2)24-21)22(28)25-20-8-6-7-16-13-26(31(4,29)30)10-9-17(16)20/h6-8,11-12,15H,5,9-10,13H2,1-4H3,(H,25,28). The number of carbonyl (C=O) groups is 1. The van der Waals surface area contributed by atoms with Crippen molar-refractivity contribution in [1.82, 2.24) is 19.1 Å². The zero-order chi connectivity index (χ0) is 22.3. The van der Waals surface area contributed by atoms with E-state index in [2.05, 4.69) is 29.2 Å². The number of nitrogens with one attached hydrogen (secondary N) is 1. The molecule has 0 aliphatic carbocycles. The maximum Gasteiger partial charge on any atom is 0.256 e. The number of amides is 1. The van der Waals surface area contributed by atoms with Crippen molar-refractivity contribution in [2.24, 2.45) is 0 Å². The first kappa shape index (κ1) is 21.5. The number of benzene rings is 1. The Hall–Kier alpha value is -2.78. The van der Waals surface area contributed by atoms with Crippen LogP contribution in [0.4, 0.5) is 5.69 Å². The van der Waals surface area contributed by atoms with Gasteiger partial charge in [-0.15, -0.1) is 0 Å². The Morgan fingerprint density at radius 1 is 1.32 bits per heavy atom. The summed E-state index contributed by atoms with van der Waals surface area (Å²) in [6, 6.07) is 7.57. The van der Waals surface area contributed by atoms with Crippen LogP contribution in [0.5, 0.6) is 0 Å². The van der Waals surface area contributed by atoms with E-state index in [1.807, 2.05) is 29.8 Å². The second-order valence-electron chi connectivity index (χ2n) is 8.14. The molecule has 0 saturated carbocycles. The third-order valence-corrected chi connectivity index (χ3v) is 7.15. The largest absolute Gasteiger partial charge is 0.322 e. The van der Waals surface area contributed by atoms with Gasteiger partial charge < -0.3 is 5.32 Å². The molecule has 4 rings (SSSR count). The molecule has 1 aliphatic heterocycles. The maximum atomic E-state index is 13.3. The number of pyridine rings is 1. The summed E-state index contributed by atoms with van der Waals surface area (Å²) in [5.74, 6) is -0.224. The van der Waals surface area contributed by atoms with Crippen molar-refractivity contribution >= 4 is 32.7 Å². The van der Waals surface area contributed by atoms with Crippen molar-refractivity contribution in [1.29, 1.82) is 0 Å². The Labute approximate surface area is 182 Å². The summed E-state index contributed by atoms with van der Waals surface area (Å²) in [5, 5.41) is 8.23. The third kappa shape index (κ3) is 4.07. The molecular weight excluding hydrogens is 414 g/mol. The highest BCUT2D eigenvalue weighted by molar-refractivity contribution is 7.88. The van der Waals surface area contributed by atoms with Gasteiger partial charge in [-0.05, 0) is 49.9 Å². The predicted molar refractivity (Wildman–Crippen MR) is 121 cm³/mol. The van der Waals surface area contributed by atoms with E-state index in [-0.39, 0.29) is 11.9 Å². The van der Waals surface area contributed by atoms with E-state index in [1.165, 1.54) is 10.6 Å². The molecule has 0 fully saturated rings. The van der Waals surface area contributed by atoms with Crippen LogP contribution in [0.1, 0.15) is 53.5 Å². The fourth-order valence-corrected chi connectivity index (χ4v) is 4.80. The van der Waals surface area contributed by atoms with Crippen LogP contribution in [0.2, 0.25) is 0 Å². The lowest BCUT2D eigenvalue weighted by atomic mass is 9.98. The van der Waals surface area contributed by atoms with Gasteiger partial charge in [-0.2, -0.15) is 9.40 Å². The first-order valence-corrected chi connectivity index (χ1v) is 12.3. The molecule has 1 atom stereocenters. The average Bonchev–Trinajstić information content (AvgIpc) is 3.15. The lowest BCUT2D eigenvalue weighted by Gasteiger charge is -2.28. The Morgan fingerprint density at radius 2 is 2.10 bits per heavy atom. The molecule has 0 radical (unpaired) electrons. The summed E-state index contributed by atoms with van der Waals surface area (Å²) in [6.07, 6.45) is 4.39. The summed E-state index contributed by atoms with van der Waals surface area (Å²) in [4.78, 5) is 17.9. The molecular formula is C22H27N5O3S. The van der Waals surface area contributed by atoms with E-state index in [1.54, 1.807) is 12.3 Å². The molecule has 1 unspecified atom stereocenters. The van der Waals surface area contributed by atoms with Crippen LogP contribution in [0.3, 0.4) is 0 Å². The monoisotopic (exact) mass is 441 g/mol. The topological polar surface area (TPSA) is 97.2 Å². The van der Waals surface area contributed by atoms with Crippen LogP contribution in [0.15, 0.2) is 30.5 Å². The van der Waals surface area contributed by atoms with Crippen molar-refractivity contribution in [2.45, 2.75) is 46.2 Å². The Balaban J connectivity index is 1.67. The zero-order valence-corrected chi connectivity index (χ0v) is 19.0. The van der Waals surface area contributed by atoms with Gasteiger partial charge in [0.25, 0.3) is 5.91 Å². The molecule has 2 aromatic heterocycles. The minimum absolute atomic E-state index is 0.182. The quantitative estimate of drug-likeness (QED) is 0.655. The van der Waals surface area contributed by atoms with Crippen molar-refractivity contribution in [3.05, 3.63) is 52.8 Å². The molecule has 0 bridgehead atoms. The molecule has 1 N–H and O–H groups in total. The molecule has 164 valence electrons. The molecule has 0 saturated heterocycles. The van der Waals surface area contributed by atoms with E-state index in [0.717, 1.165) is 28.6 Å². The van der Waals surface area contributed by atoms with Gasteiger partial charge in [-0.1, -0.05) is 19.1 Å². The number of anilines is 1. The summed E-state index contributed by atoms with van der Waals surface area (Å²) >= 11 is 0. The summed E-state index contributed by atoms with van der Waals surface area (Å²) < 4.78 is 27.2. The summed E-state index contributed by atoms with van der Waals surface area (Å²) in [7, 11) is -3.25. The van der Waals surface area contributed by atoms with Crippen LogP contribution in [0, 0.1) is 6.92 Å². The predicted octanol–water partition coefficient (Wildman–Crippen LogP) is 3.28. The van der Waals surface area contributed by atoms with E-state index in [4.69, 9.17) is 0 Å². The Bertz CT molecular complexity index is 1270.